The van der Waals surface area contributed by atoms with Crippen LogP contribution in [0.1, 0.15) is 19.3 Å². The van der Waals surface area contributed by atoms with Gasteiger partial charge in [0, 0.05) is 6.54 Å². The molecule has 0 aliphatic carbocycles. The lowest BCUT2D eigenvalue weighted by molar-refractivity contribution is -0.144. The van der Waals surface area contributed by atoms with Crippen molar-refractivity contribution in [3.05, 3.63) is 0 Å². The smallest absolute Gasteiger partial charge is 0.326 e. The first-order valence-electron chi connectivity index (χ1n) is 8.52. The Kier molecular flexibility index (Phi) is 8.76. The molecule has 9 N–H and O–H groups in total. The Morgan fingerprint density at radius 1 is 1.07 bits per heavy atom. The molecule has 4 amide bonds. The van der Waals surface area contributed by atoms with Crippen molar-refractivity contribution < 1.29 is 39.3 Å². The van der Waals surface area contributed by atoms with Gasteiger partial charge in [-0.25, -0.2) is 4.79 Å². The van der Waals surface area contributed by atoms with E-state index >= 15 is 0 Å². The Morgan fingerprint density at radius 2 is 1.71 bits per heavy atom. The molecular weight excluding hydrogens is 378 g/mol. The number of primary amides is 1. The number of likely N-dealkylation sites (tertiary alicyclic amines) is 1. The quantitative estimate of drug-likeness (QED) is 0.185. The lowest BCUT2D eigenvalue weighted by atomic mass is 10.1. The number of nitrogens with zero attached hydrogens (tertiary/aromatic N) is 1. The van der Waals surface area contributed by atoms with E-state index in [1.54, 1.807) is 0 Å². The van der Waals surface area contributed by atoms with Gasteiger partial charge in [0.25, 0.3) is 0 Å². The molecule has 1 saturated heterocycles. The van der Waals surface area contributed by atoms with E-state index in [4.69, 9.17) is 21.7 Å². The van der Waals surface area contributed by atoms with E-state index in [-0.39, 0.29) is 13.0 Å². The van der Waals surface area contributed by atoms with E-state index in [1.165, 1.54) is 4.90 Å². The van der Waals surface area contributed by atoms with Gasteiger partial charge in [0.2, 0.25) is 23.6 Å². The number of aliphatic hydroxyl groups excluding tert-OH is 2. The molecule has 1 rings (SSSR count). The maximum Gasteiger partial charge on any atom is 0.326 e. The summed E-state index contributed by atoms with van der Waals surface area (Å²) in [6, 6.07) is -5.27. The molecule has 0 bridgehead atoms. The van der Waals surface area contributed by atoms with Gasteiger partial charge in [0.05, 0.1) is 19.6 Å². The van der Waals surface area contributed by atoms with Gasteiger partial charge in [-0.15, -0.1) is 0 Å². The highest BCUT2D eigenvalue weighted by molar-refractivity contribution is 5.95. The molecule has 158 valence electrons. The number of amides is 4. The molecule has 0 saturated carbocycles. The fourth-order valence-corrected chi connectivity index (χ4v) is 2.73. The molecule has 0 spiro atoms. The second-order valence-electron chi connectivity index (χ2n) is 6.29. The molecule has 1 fully saturated rings. The zero-order valence-corrected chi connectivity index (χ0v) is 15.0. The summed E-state index contributed by atoms with van der Waals surface area (Å²) in [5.41, 5.74) is 10.4. The van der Waals surface area contributed by atoms with Gasteiger partial charge < -0.3 is 42.3 Å². The fraction of sp³-hybridized carbons (Fsp3) is 0.667. The summed E-state index contributed by atoms with van der Waals surface area (Å²) in [6.45, 7) is -1.21. The first-order valence-corrected chi connectivity index (χ1v) is 8.52. The van der Waals surface area contributed by atoms with Crippen molar-refractivity contribution in [3.8, 4) is 0 Å². The summed E-state index contributed by atoms with van der Waals surface area (Å²) in [5, 5.41) is 31.6. The molecule has 0 aromatic heterocycles. The molecule has 0 aromatic rings. The van der Waals surface area contributed by atoms with Gasteiger partial charge in [-0.05, 0) is 12.8 Å². The zero-order valence-electron chi connectivity index (χ0n) is 15.0. The van der Waals surface area contributed by atoms with Crippen LogP contribution in [0.15, 0.2) is 0 Å². The Bertz CT molecular complexity index is 628. The van der Waals surface area contributed by atoms with E-state index in [2.05, 4.69) is 5.32 Å². The Labute approximate surface area is 160 Å². The van der Waals surface area contributed by atoms with Gasteiger partial charge in [0.15, 0.2) is 0 Å². The molecule has 28 heavy (non-hydrogen) atoms. The number of carboxylic acid groups (broad SMARTS) is 1. The summed E-state index contributed by atoms with van der Waals surface area (Å²) in [5.74, 6) is -4.88. The molecule has 1 aliphatic heterocycles. The van der Waals surface area contributed by atoms with Crippen LogP contribution in [0.4, 0.5) is 0 Å². The van der Waals surface area contributed by atoms with Crippen LogP contribution < -0.4 is 22.1 Å². The number of nitrogens with one attached hydrogen (secondary N) is 2. The van der Waals surface area contributed by atoms with Crippen LogP contribution in [-0.4, -0.2) is 93.7 Å². The topological polar surface area (TPSA) is 225 Å². The van der Waals surface area contributed by atoms with Crippen molar-refractivity contribution in [3.63, 3.8) is 0 Å². The van der Waals surface area contributed by atoms with Crippen LogP contribution in [0.2, 0.25) is 0 Å². The maximum absolute atomic E-state index is 12.5. The van der Waals surface area contributed by atoms with Crippen LogP contribution in [0.5, 0.6) is 0 Å². The lowest BCUT2D eigenvalue weighted by Crippen LogP contribution is -2.58. The number of hydrogen-bond donors (Lipinski definition) is 7. The highest BCUT2D eigenvalue weighted by Gasteiger charge is 2.37. The number of aliphatic hydroxyl groups is 2. The number of hydrogen-bond acceptors (Lipinski definition) is 8. The number of carbonyl (C=O) groups is 5. The molecule has 4 unspecified atom stereocenters. The van der Waals surface area contributed by atoms with Crippen molar-refractivity contribution >= 4 is 29.6 Å². The van der Waals surface area contributed by atoms with Crippen molar-refractivity contribution in [2.45, 2.75) is 43.4 Å². The summed E-state index contributed by atoms with van der Waals surface area (Å²) in [4.78, 5) is 59.9. The normalized spacial score (nSPS) is 19.4. The zero-order chi connectivity index (χ0) is 21.4. The van der Waals surface area contributed by atoms with Gasteiger partial charge in [-0.2, -0.15) is 0 Å². The minimum absolute atomic E-state index is 0.236. The molecule has 1 aliphatic rings. The number of nitrogens with two attached hydrogens (primary N) is 2. The SMILES string of the molecule is NC(=O)CC(NC(=O)C(CO)NC(=O)C1CCCN1C(=O)C(N)CO)C(=O)O. The van der Waals surface area contributed by atoms with Crippen molar-refractivity contribution in [2.24, 2.45) is 11.5 Å². The number of carbonyl (C=O) groups excluding carboxylic acids is 4. The minimum Gasteiger partial charge on any atom is -0.480 e. The summed E-state index contributed by atoms with van der Waals surface area (Å²) >= 11 is 0. The largest absolute Gasteiger partial charge is 0.480 e. The Hall–Kier alpha value is -2.77. The highest BCUT2D eigenvalue weighted by atomic mass is 16.4. The maximum atomic E-state index is 12.5. The summed E-state index contributed by atoms with van der Waals surface area (Å²) in [6.07, 6.45) is 0.115. The van der Waals surface area contributed by atoms with Crippen LogP contribution in [0, 0.1) is 0 Å². The van der Waals surface area contributed by atoms with E-state index in [1.807, 2.05) is 5.32 Å². The predicted octanol–water partition coefficient (Wildman–Crippen LogP) is -4.78. The third kappa shape index (κ3) is 6.14. The third-order valence-corrected chi connectivity index (χ3v) is 4.19. The summed E-state index contributed by atoms with van der Waals surface area (Å²) < 4.78 is 0. The molecule has 1 heterocycles. The first kappa shape index (κ1) is 23.3. The molecule has 0 radical (unpaired) electrons. The van der Waals surface area contributed by atoms with Gasteiger partial charge in [-0.1, -0.05) is 0 Å². The van der Waals surface area contributed by atoms with Crippen molar-refractivity contribution in [2.75, 3.05) is 19.8 Å². The van der Waals surface area contributed by atoms with Gasteiger partial charge >= 0.3 is 5.97 Å². The van der Waals surface area contributed by atoms with Crippen LogP contribution in [-0.2, 0) is 24.0 Å². The van der Waals surface area contributed by atoms with Crippen LogP contribution in [0.3, 0.4) is 0 Å². The average Bonchev–Trinajstić information content (AvgIpc) is 3.13. The number of rotatable bonds is 10. The van der Waals surface area contributed by atoms with Crippen LogP contribution in [0.25, 0.3) is 0 Å². The highest BCUT2D eigenvalue weighted by Crippen LogP contribution is 2.18. The van der Waals surface area contributed by atoms with Crippen molar-refractivity contribution in [1.29, 1.82) is 0 Å². The van der Waals surface area contributed by atoms with E-state index in [0.29, 0.717) is 6.42 Å². The fourth-order valence-electron chi connectivity index (χ4n) is 2.73. The average molecular weight is 403 g/mol. The second-order valence-corrected chi connectivity index (χ2v) is 6.29. The minimum atomic E-state index is -1.62. The van der Waals surface area contributed by atoms with Crippen LogP contribution >= 0.6 is 0 Å². The standard InChI is InChI=1S/C15H25N5O8/c16-7(5-21)14(26)20-3-1-2-10(20)13(25)19-9(6-22)12(24)18-8(15(27)28)4-11(17)23/h7-10,21-22H,1-6,16H2,(H2,17,23)(H,18,24)(H,19,25)(H,27,28). The van der Waals surface area contributed by atoms with E-state index < -0.39 is 73.4 Å². The molecule has 13 nitrogen and oxygen atoms in total. The molecular formula is C15H25N5O8. The molecule has 13 heteroatoms. The number of carboxylic acids is 1. The van der Waals surface area contributed by atoms with Crippen molar-refractivity contribution in [1.82, 2.24) is 15.5 Å². The lowest BCUT2D eigenvalue weighted by Gasteiger charge is -2.27. The second kappa shape index (κ2) is 10.5. The molecule has 0 aromatic carbocycles. The Morgan fingerprint density at radius 3 is 2.21 bits per heavy atom. The molecule has 4 atom stereocenters. The monoisotopic (exact) mass is 403 g/mol. The first-order chi connectivity index (χ1) is 13.1. The number of aliphatic carboxylic acids is 1. The van der Waals surface area contributed by atoms with E-state index in [9.17, 15) is 29.1 Å². The van der Waals surface area contributed by atoms with Gasteiger partial charge in [0.1, 0.15) is 24.2 Å². The van der Waals surface area contributed by atoms with E-state index in [0.717, 1.165) is 0 Å². The Balaban J connectivity index is 2.78. The third-order valence-electron chi connectivity index (χ3n) is 4.19. The predicted molar refractivity (Wildman–Crippen MR) is 92.2 cm³/mol. The summed E-state index contributed by atoms with van der Waals surface area (Å²) in [7, 11) is 0. The van der Waals surface area contributed by atoms with Gasteiger partial charge in [-0.3, -0.25) is 19.2 Å².